The van der Waals surface area contributed by atoms with Crippen LogP contribution in [0.25, 0.3) is 6.08 Å². The maximum Gasteiger partial charge on any atom is 0.207 e. The Kier molecular flexibility index (Phi) is 5.43. The number of anilines is 1. The number of benzene rings is 1. The average Bonchev–Trinajstić information content (AvgIpc) is 2.36. The number of allylic oxidation sites excluding steroid dienone is 1. The van der Waals surface area contributed by atoms with Gasteiger partial charge in [0.15, 0.2) is 0 Å². The van der Waals surface area contributed by atoms with Crippen molar-refractivity contribution in [2.75, 3.05) is 19.0 Å². The minimum atomic E-state index is 0.563. The van der Waals surface area contributed by atoms with Gasteiger partial charge in [-0.1, -0.05) is 30.7 Å². The SMILES string of the molecule is CC/C(C)=C\c1c(CNC=O)cccc1N(C)C. The molecule has 1 N–H and O–H groups in total. The molecule has 0 heterocycles. The second-order valence-corrected chi connectivity index (χ2v) is 4.59. The zero-order valence-electron chi connectivity index (χ0n) is 11.7. The van der Waals surface area contributed by atoms with Crippen LogP contribution in [-0.4, -0.2) is 20.5 Å². The molecule has 0 spiro atoms. The molecule has 0 radical (unpaired) electrons. The maximum absolute atomic E-state index is 10.4. The first-order valence-corrected chi connectivity index (χ1v) is 6.23. The van der Waals surface area contributed by atoms with Crippen molar-refractivity contribution in [1.82, 2.24) is 5.32 Å². The van der Waals surface area contributed by atoms with Gasteiger partial charge in [0.05, 0.1) is 0 Å². The third kappa shape index (κ3) is 3.62. The van der Waals surface area contributed by atoms with E-state index in [0.29, 0.717) is 6.54 Å². The molecule has 1 rings (SSSR count). The molecule has 0 saturated heterocycles. The minimum Gasteiger partial charge on any atom is -0.377 e. The largest absolute Gasteiger partial charge is 0.377 e. The number of nitrogens with zero attached hydrogens (tertiary/aromatic N) is 1. The molecule has 0 atom stereocenters. The van der Waals surface area contributed by atoms with Crippen LogP contribution in [0.5, 0.6) is 0 Å². The quantitative estimate of drug-likeness (QED) is 0.783. The standard InChI is InChI=1S/C15H22N2O/c1-5-12(2)9-14-13(10-16-11-18)7-6-8-15(14)17(3)4/h6-9,11H,5,10H2,1-4H3,(H,16,18)/b12-9-. The average molecular weight is 246 g/mol. The van der Waals surface area contributed by atoms with Crippen molar-refractivity contribution in [2.24, 2.45) is 0 Å². The molecule has 3 nitrogen and oxygen atoms in total. The Bertz CT molecular complexity index is 436. The number of hydrogen-bond donors (Lipinski definition) is 1. The molecule has 1 aromatic rings. The number of carbonyl (C=O) groups excluding carboxylic acids is 1. The number of nitrogens with one attached hydrogen (secondary N) is 1. The summed E-state index contributed by atoms with van der Waals surface area (Å²) in [6.45, 7) is 4.84. The molecule has 3 heteroatoms. The van der Waals surface area contributed by atoms with Crippen LogP contribution >= 0.6 is 0 Å². The molecule has 0 unspecified atom stereocenters. The Morgan fingerprint density at radius 1 is 1.39 bits per heavy atom. The van der Waals surface area contributed by atoms with E-state index in [0.717, 1.165) is 18.4 Å². The van der Waals surface area contributed by atoms with Gasteiger partial charge >= 0.3 is 0 Å². The van der Waals surface area contributed by atoms with Gasteiger partial charge in [-0.05, 0) is 25.0 Å². The lowest BCUT2D eigenvalue weighted by Crippen LogP contribution is -2.15. The Balaban J connectivity index is 3.24. The second kappa shape index (κ2) is 6.84. The third-order valence-corrected chi connectivity index (χ3v) is 2.98. The summed E-state index contributed by atoms with van der Waals surface area (Å²) in [5.41, 5.74) is 4.84. The van der Waals surface area contributed by atoms with Crippen molar-refractivity contribution >= 4 is 18.2 Å². The van der Waals surface area contributed by atoms with Crippen molar-refractivity contribution in [3.63, 3.8) is 0 Å². The highest BCUT2D eigenvalue weighted by molar-refractivity contribution is 5.71. The van der Waals surface area contributed by atoms with E-state index >= 15 is 0 Å². The molecule has 0 aliphatic rings. The summed E-state index contributed by atoms with van der Waals surface area (Å²) in [4.78, 5) is 12.5. The molecule has 0 aliphatic heterocycles. The molecule has 98 valence electrons. The van der Waals surface area contributed by atoms with Crippen LogP contribution in [0.2, 0.25) is 0 Å². The van der Waals surface area contributed by atoms with Crippen molar-refractivity contribution in [3.8, 4) is 0 Å². The first kappa shape index (κ1) is 14.3. The van der Waals surface area contributed by atoms with Crippen LogP contribution in [0, 0.1) is 0 Å². The summed E-state index contributed by atoms with van der Waals surface area (Å²) in [5.74, 6) is 0. The molecule has 0 aliphatic carbocycles. The van der Waals surface area contributed by atoms with Gasteiger partial charge in [0, 0.05) is 31.9 Å². The van der Waals surface area contributed by atoms with Gasteiger partial charge in [-0.15, -0.1) is 0 Å². The fourth-order valence-electron chi connectivity index (χ4n) is 1.81. The predicted octanol–water partition coefficient (Wildman–Crippen LogP) is 2.81. The van der Waals surface area contributed by atoms with Gasteiger partial charge in [-0.3, -0.25) is 4.79 Å². The summed E-state index contributed by atoms with van der Waals surface area (Å²) in [5, 5.41) is 2.73. The molecule has 0 bridgehead atoms. The van der Waals surface area contributed by atoms with Crippen molar-refractivity contribution in [1.29, 1.82) is 0 Å². The lowest BCUT2D eigenvalue weighted by Gasteiger charge is -2.19. The first-order chi connectivity index (χ1) is 8.60. The smallest absolute Gasteiger partial charge is 0.207 e. The van der Waals surface area contributed by atoms with Gasteiger partial charge < -0.3 is 10.2 Å². The number of hydrogen-bond acceptors (Lipinski definition) is 2. The van der Waals surface area contributed by atoms with Gasteiger partial charge in [0.25, 0.3) is 0 Å². The summed E-state index contributed by atoms with van der Waals surface area (Å²) in [6, 6.07) is 6.17. The van der Waals surface area contributed by atoms with E-state index in [1.165, 1.54) is 16.8 Å². The van der Waals surface area contributed by atoms with Crippen molar-refractivity contribution < 1.29 is 4.79 Å². The van der Waals surface area contributed by atoms with E-state index in [4.69, 9.17) is 0 Å². The number of rotatable bonds is 6. The van der Waals surface area contributed by atoms with Crippen LogP contribution in [0.1, 0.15) is 31.4 Å². The Hall–Kier alpha value is -1.77. The summed E-state index contributed by atoms with van der Waals surface area (Å²) in [7, 11) is 4.07. The third-order valence-electron chi connectivity index (χ3n) is 2.98. The fourth-order valence-corrected chi connectivity index (χ4v) is 1.81. The van der Waals surface area contributed by atoms with Gasteiger partial charge in [-0.25, -0.2) is 0 Å². The highest BCUT2D eigenvalue weighted by Gasteiger charge is 2.07. The van der Waals surface area contributed by atoms with E-state index in [1.807, 2.05) is 20.2 Å². The minimum absolute atomic E-state index is 0.563. The topological polar surface area (TPSA) is 32.3 Å². The van der Waals surface area contributed by atoms with E-state index in [9.17, 15) is 4.79 Å². The number of carbonyl (C=O) groups is 1. The fraction of sp³-hybridized carbons (Fsp3) is 0.400. The van der Waals surface area contributed by atoms with Crippen LogP contribution in [-0.2, 0) is 11.3 Å². The van der Waals surface area contributed by atoms with Crippen molar-refractivity contribution in [2.45, 2.75) is 26.8 Å². The normalized spacial score (nSPS) is 11.2. The van der Waals surface area contributed by atoms with Crippen LogP contribution < -0.4 is 10.2 Å². The molecule has 0 aromatic heterocycles. The van der Waals surface area contributed by atoms with Crippen molar-refractivity contribution in [3.05, 3.63) is 34.9 Å². The molecule has 0 fully saturated rings. The monoisotopic (exact) mass is 246 g/mol. The summed E-state index contributed by atoms with van der Waals surface area (Å²) < 4.78 is 0. The second-order valence-electron chi connectivity index (χ2n) is 4.59. The zero-order valence-corrected chi connectivity index (χ0v) is 11.7. The Morgan fingerprint density at radius 2 is 2.11 bits per heavy atom. The highest BCUT2D eigenvalue weighted by atomic mass is 16.1. The molecule has 18 heavy (non-hydrogen) atoms. The Morgan fingerprint density at radius 3 is 2.67 bits per heavy atom. The van der Waals surface area contributed by atoms with Gasteiger partial charge in [-0.2, -0.15) is 0 Å². The first-order valence-electron chi connectivity index (χ1n) is 6.23. The maximum atomic E-state index is 10.4. The molecular formula is C15H22N2O. The summed E-state index contributed by atoms with van der Waals surface area (Å²) >= 11 is 0. The Labute approximate surface area is 109 Å². The molecule has 1 aromatic carbocycles. The molecule has 1 amide bonds. The molecular weight excluding hydrogens is 224 g/mol. The van der Waals surface area contributed by atoms with E-state index in [-0.39, 0.29) is 0 Å². The predicted molar refractivity (Wildman–Crippen MR) is 77.6 cm³/mol. The lowest BCUT2D eigenvalue weighted by molar-refractivity contribution is -0.109. The van der Waals surface area contributed by atoms with E-state index in [2.05, 4.69) is 42.3 Å². The lowest BCUT2D eigenvalue weighted by atomic mass is 10.0. The van der Waals surface area contributed by atoms with Crippen LogP contribution in [0.3, 0.4) is 0 Å². The zero-order chi connectivity index (χ0) is 13.5. The van der Waals surface area contributed by atoms with Gasteiger partial charge in [0.2, 0.25) is 6.41 Å². The summed E-state index contributed by atoms with van der Waals surface area (Å²) in [6.07, 6.45) is 3.97. The van der Waals surface area contributed by atoms with Crippen LogP contribution in [0.15, 0.2) is 23.8 Å². The van der Waals surface area contributed by atoms with Gasteiger partial charge in [0.1, 0.15) is 0 Å². The number of amides is 1. The van der Waals surface area contributed by atoms with Crippen LogP contribution in [0.4, 0.5) is 5.69 Å². The molecule has 0 saturated carbocycles. The van der Waals surface area contributed by atoms with E-state index in [1.54, 1.807) is 0 Å². The van der Waals surface area contributed by atoms with E-state index < -0.39 is 0 Å². The highest BCUT2D eigenvalue weighted by Crippen LogP contribution is 2.25.